The molecule has 1 aromatic rings. The molecule has 0 unspecified atom stereocenters. The molecule has 2 rings (SSSR count). The van der Waals surface area contributed by atoms with E-state index in [1.807, 2.05) is 0 Å². The van der Waals surface area contributed by atoms with Crippen LogP contribution in [0.3, 0.4) is 0 Å². The van der Waals surface area contributed by atoms with Gasteiger partial charge in [-0.15, -0.1) is 0 Å². The largest absolute Gasteiger partial charge is 0.409 e. The van der Waals surface area contributed by atoms with Crippen LogP contribution < -0.4 is 4.72 Å². The Morgan fingerprint density at radius 2 is 1.80 bits per heavy atom. The lowest BCUT2D eigenvalue weighted by Crippen LogP contribution is -2.34. The Morgan fingerprint density at radius 1 is 1.13 bits per heavy atom. The fourth-order valence-corrected chi connectivity index (χ4v) is 1.90. The minimum Gasteiger partial charge on any atom is -0.366 e. The van der Waals surface area contributed by atoms with E-state index in [0.717, 1.165) is 6.08 Å². The van der Waals surface area contributed by atoms with E-state index in [4.69, 9.17) is 0 Å². The molecular weight excluding hydrogens is 218 g/mol. The van der Waals surface area contributed by atoms with Gasteiger partial charge in [0.25, 0.3) is 5.91 Å². The van der Waals surface area contributed by atoms with Crippen molar-refractivity contribution in [1.29, 1.82) is 0 Å². The number of benzene rings is 1. The molecule has 0 aromatic heterocycles. The molecule has 0 atom stereocenters. The van der Waals surface area contributed by atoms with Gasteiger partial charge in [0.15, 0.2) is 5.76 Å². The third-order valence-corrected chi connectivity index (χ3v) is 2.60. The first-order chi connectivity index (χ1) is 7.07. The van der Waals surface area contributed by atoms with Crippen molar-refractivity contribution < 1.29 is 17.4 Å². The Balaban J connectivity index is 2.43. The molecule has 1 amide bonds. The molecule has 6 heteroatoms. The summed E-state index contributed by atoms with van der Waals surface area (Å²) in [5.41, 5.74) is 0.538. The molecule has 78 valence electrons. The second kappa shape index (κ2) is 3.39. The molecular formula is C9H7NO4S. The average Bonchev–Trinajstić information content (AvgIpc) is 2.16. The number of carbonyl (C=O) groups is 1. The second-order valence-electron chi connectivity index (χ2n) is 2.88. The first-order valence-electron chi connectivity index (χ1n) is 4.10. The minimum absolute atomic E-state index is 0.0272. The number of nitrogens with one attached hydrogen (secondary N) is 1. The summed E-state index contributed by atoms with van der Waals surface area (Å²) in [6.07, 6.45) is 1.09. The highest BCUT2D eigenvalue weighted by atomic mass is 32.2. The van der Waals surface area contributed by atoms with Gasteiger partial charge in [-0.25, -0.2) is 4.72 Å². The molecule has 1 aromatic carbocycles. The van der Waals surface area contributed by atoms with Gasteiger partial charge >= 0.3 is 10.3 Å². The zero-order valence-electron chi connectivity index (χ0n) is 7.51. The summed E-state index contributed by atoms with van der Waals surface area (Å²) in [5.74, 6) is -0.681. The SMILES string of the molecule is O=C1C=C(c2ccccc2)OS(=O)(=O)N1. The molecule has 1 N–H and O–H groups in total. The maximum Gasteiger partial charge on any atom is 0.409 e. The fourth-order valence-electron chi connectivity index (χ4n) is 1.17. The zero-order valence-corrected chi connectivity index (χ0v) is 8.32. The molecule has 1 aliphatic heterocycles. The van der Waals surface area contributed by atoms with Gasteiger partial charge in [-0.2, -0.15) is 8.42 Å². The van der Waals surface area contributed by atoms with Crippen LogP contribution in [0.25, 0.3) is 5.76 Å². The predicted molar refractivity (Wildman–Crippen MR) is 52.6 cm³/mol. The van der Waals surface area contributed by atoms with Crippen molar-refractivity contribution in [2.24, 2.45) is 0 Å². The van der Waals surface area contributed by atoms with Crippen LogP contribution in [0.5, 0.6) is 0 Å². The topological polar surface area (TPSA) is 72.5 Å². The first-order valence-corrected chi connectivity index (χ1v) is 5.51. The Bertz CT molecular complexity index is 518. The van der Waals surface area contributed by atoms with E-state index < -0.39 is 16.2 Å². The normalized spacial score (nSPS) is 18.7. The number of amides is 1. The van der Waals surface area contributed by atoms with Crippen LogP contribution in [-0.4, -0.2) is 14.3 Å². The third-order valence-electron chi connectivity index (χ3n) is 1.75. The molecule has 15 heavy (non-hydrogen) atoms. The van der Waals surface area contributed by atoms with E-state index in [-0.39, 0.29) is 5.76 Å². The van der Waals surface area contributed by atoms with Gasteiger partial charge in [0.2, 0.25) is 0 Å². The Hall–Kier alpha value is -1.82. The average molecular weight is 225 g/mol. The Kier molecular flexibility index (Phi) is 2.20. The van der Waals surface area contributed by atoms with Crippen LogP contribution in [0.15, 0.2) is 36.4 Å². The van der Waals surface area contributed by atoms with Crippen LogP contribution >= 0.6 is 0 Å². The summed E-state index contributed by atoms with van der Waals surface area (Å²) in [6, 6.07) is 8.53. The van der Waals surface area contributed by atoms with Crippen molar-refractivity contribution >= 4 is 22.0 Å². The minimum atomic E-state index is -4.00. The number of carbonyl (C=O) groups excluding carboxylic acids is 1. The molecule has 0 bridgehead atoms. The van der Waals surface area contributed by atoms with Crippen molar-refractivity contribution in [2.75, 3.05) is 0 Å². The summed E-state index contributed by atoms with van der Waals surface area (Å²) >= 11 is 0. The Morgan fingerprint density at radius 3 is 2.40 bits per heavy atom. The molecule has 1 heterocycles. The lowest BCUT2D eigenvalue weighted by molar-refractivity contribution is -0.115. The summed E-state index contributed by atoms with van der Waals surface area (Å²) in [6.45, 7) is 0. The summed E-state index contributed by atoms with van der Waals surface area (Å²) in [5, 5.41) is 0. The maximum absolute atomic E-state index is 11.0. The number of hydrogen-bond acceptors (Lipinski definition) is 4. The van der Waals surface area contributed by atoms with E-state index in [2.05, 4.69) is 4.18 Å². The highest BCUT2D eigenvalue weighted by molar-refractivity contribution is 7.85. The number of hydrogen-bond donors (Lipinski definition) is 1. The van der Waals surface area contributed by atoms with Gasteiger partial charge < -0.3 is 4.18 Å². The zero-order chi connectivity index (χ0) is 10.9. The van der Waals surface area contributed by atoms with Crippen LogP contribution in [0.2, 0.25) is 0 Å². The van der Waals surface area contributed by atoms with E-state index in [9.17, 15) is 13.2 Å². The monoisotopic (exact) mass is 225 g/mol. The molecule has 0 aliphatic carbocycles. The van der Waals surface area contributed by atoms with E-state index in [1.165, 1.54) is 0 Å². The van der Waals surface area contributed by atoms with E-state index in [1.54, 1.807) is 35.1 Å². The van der Waals surface area contributed by atoms with Crippen molar-refractivity contribution in [3.05, 3.63) is 42.0 Å². The Labute approximate surface area is 86.6 Å². The van der Waals surface area contributed by atoms with Gasteiger partial charge in [0, 0.05) is 11.6 Å². The highest BCUT2D eigenvalue weighted by Crippen LogP contribution is 2.19. The third kappa shape index (κ3) is 2.16. The predicted octanol–water partition coefficient (Wildman–Crippen LogP) is 0.419. The van der Waals surface area contributed by atoms with E-state index in [0.29, 0.717) is 5.56 Å². The van der Waals surface area contributed by atoms with Gasteiger partial charge in [-0.3, -0.25) is 4.79 Å². The van der Waals surface area contributed by atoms with Crippen molar-refractivity contribution in [1.82, 2.24) is 4.72 Å². The lowest BCUT2D eigenvalue weighted by Gasteiger charge is -2.14. The van der Waals surface area contributed by atoms with Crippen LogP contribution in [0.4, 0.5) is 0 Å². The van der Waals surface area contributed by atoms with Gasteiger partial charge in [-0.1, -0.05) is 30.3 Å². The van der Waals surface area contributed by atoms with E-state index >= 15 is 0 Å². The molecule has 0 saturated carbocycles. The maximum atomic E-state index is 11.0. The van der Waals surface area contributed by atoms with Crippen molar-refractivity contribution in [2.45, 2.75) is 0 Å². The molecule has 1 aliphatic rings. The molecule has 0 fully saturated rings. The summed E-state index contributed by atoms with van der Waals surface area (Å²) < 4.78 is 28.4. The molecule has 5 nitrogen and oxygen atoms in total. The molecule has 0 saturated heterocycles. The fraction of sp³-hybridized carbons (Fsp3) is 0. The summed E-state index contributed by atoms with van der Waals surface area (Å²) in [7, 11) is -4.00. The summed E-state index contributed by atoms with van der Waals surface area (Å²) in [4.78, 5) is 11.0. The smallest absolute Gasteiger partial charge is 0.366 e. The quantitative estimate of drug-likeness (QED) is 0.751. The lowest BCUT2D eigenvalue weighted by atomic mass is 10.2. The van der Waals surface area contributed by atoms with Crippen LogP contribution in [0, 0.1) is 0 Å². The highest BCUT2D eigenvalue weighted by Gasteiger charge is 2.24. The van der Waals surface area contributed by atoms with Gasteiger partial charge in [0.05, 0.1) is 0 Å². The molecule has 0 radical (unpaired) electrons. The van der Waals surface area contributed by atoms with Crippen LogP contribution in [-0.2, 0) is 19.3 Å². The van der Waals surface area contributed by atoms with Crippen LogP contribution in [0.1, 0.15) is 5.56 Å². The second-order valence-corrected chi connectivity index (χ2v) is 4.16. The number of rotatable bonds is 1. The standard InChI is InChI=1S/C9H7NO4S/c11-9-6-8(14-15(12,13)10-9)7-4-2-1-3-5-7/h1-6H,(H,10,11). The first kappa shape index (κ1) is 9.72. The molecule has 0 spiro atoms. The van der Waals surface area contributed by atoms with Crippen molar-refractivity contribution in [3.8, 4) is 0 Å². The van der Waals surface area contributed by atoms with Gasteiger partial charge in [0.1, 0.15) is 0 Å². The van der Waals surface area contributed by atoms with Gasteiger partial charge in [-0.05, 0) is 0 Å². The van der Waals surface area contributed by atoms with Crippen molar-refractivity contribution in [3.63, 3.8) is 0 Å².